The van der Waals surface area contributed by atoms with E-state index in [4.69, 9.17) is 4.74 Å². The van der Waals surface area contributed by atoms with Crippen molar-refractivity contribution in [3.8, 4) is 11.5 Å². The molecule has 0 aliphatic carbocycles. The average Bonchev–Trinajstić information content (AvgIpc) is 2.76. The molecule has 1 aromatic rings. The van der Waals surface area contributed by atoms with Gasteiger partial charge in [0.2, 0.25) is 5.91 Å². The second-order valence-electron chi connectivity index (χ2n) is 4.80. The second-order valence-corrected chi connectivity index (χ2v) is 4.80. The SMILES string of the molecule is COc1cc2c(cc1O)NC(=O)C1CCCN1C2. The molecule has 1 amide bonds. The number of carbonyl (C=O) groups is 1. The van der Waals surface area contributed by atoms with Crippen LogP contribution in [0.4, 0.5) is 5.69 Å². The Balaban J connectivity index is 2.02. The Hall–Kier alpha value is -1.75. The molecule has 2 aliphatic rings. The minimum Gasteiger partial charge on any atom is -0.504 e. The van der Waals surface area contributed by atoms with Gasteiger partial charge < -0.3 is 15.2 Å². The molecule has 2 heterocycles. The van der Waals surface area contributed by atoms with Gasteiger partial charge in [0.15, 0.2) is 11.5 Å². The molecule has 1 unspecified atom stereocenters. The van der Waals surface area contributed by atoms with Crippen LogP contribution in [0.15, 0.2) is 12.1 Å². The fraction of sp³-hybridized carbons (Fsp3) is 0.462. The number of ether oxygens (including phenoxy) is 1. The van der Waals surface area contributed by atoms with Crippen LogP contribution < -0.4 is 10.1 Å². The van der Waals surface area contributed by atoms with Crippen LogP contribution in [0.2, 0.25) is 0 Å². The van der Waals surface area contributed by atoms with Crippen LogP contribution in [-0.2, 0) is 11.3 Å². The minimum absolute atomic E-state index is 0.0239. The minimum atomic E-state index is -0.0365. The zero-order valence-electron chi connectivity index (χ0n) is 10.3. The van der Waals surface area contributed by atoms with E-state index in [1.165, 1.54) is 7.11 Å². The maximum Gasteiger partial charge on any atom is 0.241 e. The predicted octanol–water partition coefficient (Wildman–Crippen LogP) is 1.32. The molecule has 5 nitrogen and oxygen atoms in total. The number of nitrogens with zero attached hydrogens (tertiary/aromatic N) is 1. The molecular formula is C13H16N2O3. The monoisotopic (exact) mass is 248 g/mol. The summed E-state index contributed by atoms with van der Waals surface area (Å²) < 4.78 is 5.11. The van der Waals surface area contributed by atoms with Crippen molar-refractivity contribution in [3.63, 3.8) is 0 Å². The fourth-order valence-corrected chi connectivity index (χ4v) is 2.77. The van der Waals surface area contributed by atoms with Crippen molar-refractivity contribution in [3.05, 3.63) is 17.7 Å². The molecule has 0 spiro atoms. The zero-order valence-corrected chi connectivity index (χ0v) is 10.3. The third-order valence-electron chi connectivity index (χ3n) is 3.70. The lowest BCUT2D eigenvalue weighted by atomic mass is 10.1. The quantitative estimate of drug-likeness (QED) is 0.786. The van der Waals surface area contributed by atoms with Gasteiger partial charge in [-0.3, -0.25) is 9.69 Å². The van der Waals surface area contributed by atoms with Crippen molar-refractivity contribution in [1.82, 2.24) is 4.90 Å². The highest BCUT2D eigenvalue weighted by Gasteiger charge is 2.34. The molecule has 0 bridgehead atoms. The highest BCUT2D eigenvalue weighted by atomic mass is 16.5. The molecule has 0 saturated carbocycles. The van der Waals surface area contributed by atoms with Crippen LogP contribution >= 0.6 is 0 Å². The lowest BCUT2D eigenvalue weighted by Crippen LogP contribution is -2.36. The topological polar surface area (TPSA) is 61.8 Å². The molecule has 2 aliphatic heterocycles. The smallest absolute Gasteiger partial charge is 0.241 e. The lowest BCUT2D eigenvalue weighted by molar-refractivity contribution is -0.120. The van der Waals surface area contributed by atoms with Crippen LogP contribution in [0, 0.1) is 0 Å². The number of rotatable bonds is 1. The first kappa shape index (κ1) is 11.3. The number of fused-ring (bicyclic) bond motifs is 2. The number of nitrogens with one attached hydrogen (secondary N) is 1. The van der Waals surface area contributed by atoms with Crippen molar-refractivity contribution < 1.29 is 14.6 Å². The normalized spacial score (nSPS) is 22.9. The number of amides is 1. The first-order valence-corrected chi connectivity index (χ1v) is 6.14. The van der Waals surface area contributed by atoms with Crippen molar-refractivity contribution in [2.45, 2.75) is 25.4 Å². The zero-order chi connectivity index (χ0) is 12.7. The number of benzene rings is 1. The maximum absolute atomic E-state index is 12.1. The van der Waals surface area contributed by atoms with Gasteiger partial charge in [0.1, 0.15) is 0 Å². The van der Waals surface area contributed by atoms with E-state index < -0.39 is 0 Å². The van der Waals surface area contributed by atoms with E-state index >= 15 is 0 Å². The summed E-state index contributed by atoms with van der Waals surface area (Å²) in [5.74, 6) is 0.523. The van der Waals surface area contributed by atoms with E-state index in [9.17, 15) is 9.90 Å². The summed E-state index contributed by atoms with van der Waals surface area (Å²) in [7, 11) is 1.52. The van der Waals surface area contributed by atoms with Gasteiger partial charge in [-0.05, 0) is 31.0 Å². The van der Waals surface area contributed by atoms with Gasteiger partial charge in [-0.15, -0.1) is 0 Å². The van der Waals surface area contributed by atoms with Crippen LogP contribution in [0.25, 0.3) is 0 Å². The maximum atomic E-state index is 12.1. The number of phenolic OH excluding ortho intramolecular Hbond substituents is 1. The molecule has 1 saturated heterocycles. The molecule has 1 atom stereocenters. The predicted molar refractivity (Wildman–Crippen MR) is 66.7 cm³/mol. The Morgan fingerprint density at radius 1 is 1.50 bits per heavy atom. The van der Waals surface area contributed by atoms with Crippen LogP contribution in [0.1, 0.15) is 18.4 Å². The summed E-state index contributed by atoms with van der Waals surface area (Å²) in [6, 6.07) is 3.32. The average molecular weight is 248 g/mol. The Labute approximate surface area is 105 Å². The molecule has 0 radical (unpaired) electrons. The van der Waals surface area contributed by atoms with E-state index in [1.807, 2.05) is 0 Å². The van der Waals surface area contributed by atoms with E-state index in [0.29, 0.717) is 11.4 Å². The number of anilines is 1. The molecule has 5 heteroatoms. The first-order chi connectivity index (χ1) is 8.69. The largest absolute Gasteiger partial charge is 0.504 e. The van der Waals surface area contributed by atoms with E-state index in [1.54, 1.807) is 12.1 Å². The van der Waals surface area contributed by atoms with Crippen LogP contribution in [0.5, 0.6) is 11.5 Å². The molecule has 1 aromatic carbocycles. The van der Waals surface area contributed by atoms with Gasteiger partial charge >= 0.3 is 0 Å². The Morgan fingerprint density at radius 3 is 3.11 bits per heavy atom. The summed E-state index contributed by atoms with van der Waals surface area (Å²) in [4.78, 5) is 14.2. The summed E-state index contributed by atoms with van der Waals surface area (Å²) in [6.45, 7) is 1.66. The van der Waals surface area contributed by atoms with Gasteiger partial charge in [0.25, 0.3) is 0 Å². The summed E-state index contributed by atoms with van der Waals surface area (Å²) in [5.41, 5.74) is 1.68. The van der Waals surface area contributed by atoms with Crippen molar-refractivity contribution in [1.29, 1.82) is 0 Å². The number of aromatic hydroxyl groups is 1. The number of hydrogen-bond acceptors (Lipinski definition) is 4. The lowest BCUT2D eigenvalue weighted by Gasteiger charge is -2.19. The molecule has 0 aromatic heterocycles. The standard InChI is InChI=1S/C13H16N2O3/c1-18-12-5-8-7-15-4-2-3-10(15)13(17)14-9(8)6-11(12)16/h5-6,10,16H,2-4,7H2,1H3,(H,14,17). The van der Waals surface area contributed by atoms with Crippen LogP contribution in [-0.4, -0.2) is 35.6 Å². The van der Waals surface area contributed by atoms with E-state index in [-0.39, 0.29) is 17.7 Å². The third kappa shape index (κ3) is 1.71. The number of methoxy groups -OCH3 is 1. The van der Waals surface area contributed by atoms with Crippen molar-refractivity contribution >= 4 is 11.6 Å². The molecule has 1 fully saturated rings. The van der Waals surface area contributed by atoms with E-state index in [2.05, 4.69) is 10.2 Å². The van der Waals surface area contributed by atoms with E-state index in [0.717, 1.165) is 31.5 Å². The molecule has 3 rings (SSSR count). The number of phenols is 1. The number of hydrogen-bond donors (Lipinski definition) is 2. The van der Waals surface area contributed by atoms with Gasteiger partial charge in [-0.1, -0.05) is 0 Å². The Bertz CT molecular complexity index is 501. The molecule has 18 heavy (non-hydrogen) atoms. The van der Waals surface area contributed by atoms with Gasteiger partial charge in [0.05, 0.1) is 13.2 Å². The Morgan fingerprint density at radius 2 is 2.33 bits per heavy atom. The van der Waals surface area contributed by atoms with Crippen LogP contribution in [0.3, 0.4) is 0 Å². The second kappa shape index (κ2) is 4.17. The summed E-state index contributed by atoms with van der Waals surface area (Å²) in [5, 5.41) is 12.6. The summed E-state index contributed by atoms with van der Waals surface area (Å²) >= 11 is 0. The molecule has 96 valence electrons. The summed E-state index contributed by atoms with van der Waals surface area (Å²) in [6.07, 6.45) is 1.96. The molecular weight excluding hydrogens is 232 g/mol. The number of carbonyl (C=O) groups excluding carboxylic acids is 1. The molecule has 2 N–H and O–H groups in total. The highest BCUT2D eigenvalue weighted by Crippen LogP contribution is 2.36. The van der Waals surface area contributed by atoms with Gasteiger partial charge in [-0.2, -0.15) is 0 Å². The van der Waals surface area contributed by atoms with Crippen molar-refractivity contribution in [2.24, 2.45) is 0 Å². The Kier molecular flexibility index (Phi) is 2.63. The third-order valence-corrected chi connectivity index (χ3v) is 3.70. The first-order valence-electron chi connectivity index (χ1n) is 6.14. The van der Waals surface area contributed by atoms with Gasteiger partial charge in [-0.25, -0.2) is 0 Å². The fourth-order valence-electron chi connectivity index (χ4n) is 2.77. The van der Waals surface area contributed by atoms with Gasteiger partial charge in [0, 0.05) is 18.3 Å². The highest BCUT2D eigenvalue weighted by molar-refractivity contribution is 5.96. The van der Waals surface area contributed by atoms with Crippen molar-refractivity contribution in [2.75, 3.05) is 19.0 Å².